The van der Waals surface area contributed by atoms with Crippen LogP contribution in [0.5, 0.6) is 0 Å². The molecule has 2 fully saturated rings. The van der Waals surface area contributed by atoms with E-state index in [2.05, 4.69) is 28.4 Å². The van der Waals surface area contributed by atoms with Crippen LogP contribution in [0.25, 0.3) is 0 Å². The monoisotopic (exact) mass is 479 g/mol. The second kappa shape index (κ2) is 11.1. The van der Waals surface area contributed by atoms with E-state index in [1.165, 1.54) is 12.0 Å². The van der Waals surface area contributed by atoms with E-state index < -0.39 is 12.0 Å². The van der Waals surface area contributed by atoms with E-state index in [-0.39, 0.29) is 12.2 Å². The Kier molecular flexibility index (Phi) is 7.66. The SMILES string of the molecule is CO[C@H]1CC1c1ccccc1[C@H](C(=O)O)N1CC[C@@H](OCCCCc2ccc3c(n2)NCCC3)C1. The molecule has 1 saturated carbocycles. The van der Waals surface area contributed by atoms with E-state index in [1.54, 1.807) is 7.11 Å². The van der Waals surface area contributed by atoms with Crippen LogP contribution in [0.1, 0.15) is 66.4 Å². The molecule has 0 radical (unpaired) electrons. The molecular weight excluding hydrogens is 442 g/mol. The highest BCUT2D eigenvalue weighted by Gasteiger charge is 2.43. The number of likely N-dealkylation sites (tertiary alicyclic amines) is 1. The third kappa shape index (κ3) is 5.68. The van der Waals surface area contributed by atoms with Gasteiger partial charge in [-0.3, -0.25) is 9.69 Å². The number of carboxylic acids is 1. The fourth-order valence-corrected chi connectivity index (χ4v) is 5.63. The fraction of sp³-hybridized carbons (Fsp3) is 0.571. The molecule has 7 nitrogen and oxygen atoms in total. The third-order valence-corrected chi connectivity index (χ3v) is 7.63. The zero-order chi connectivity index (χ0) is 24.2. The van der Waals surface area contributed by atoms with Gasteiger partial charge >= 0.3 is 5.97 Å². The lowest BCUT2D eigenvalue weighted by Gasteiger charge is -2.26. The van der Waals surface area contributed by atoms with Crippen LogP contribution in [0.3, 0.4) is 0 Å². The predicted molar refractivity (Wildman–Crippen MR) is 135 cm³/mol. The number of fused-ring (bicyclic) bond motifs is 1. The number of benzene rings is 1. The summed E-state index contributed by atoms with van der Waals surface area (Å²) in [5, 5.41) is 13.5. The van der Waals surface area contributed by atoms with Gasteiger partial charge in [-0.1, -0.05) is 30.3 Å². The van der Waals surface area contributed by atoms with Crippen LogP contribution in [0.15, 0.2) is 36.4 Å². The van der Waals surface area contributed by atoms with Crippen molar-refractivity contribution in [3.05, 3.63) is 58.8 Å². The lowest BCUT2D eigenvalue weighted by Crippen LogP contribution is -2.34. The van der Waals surface area contributed by atoms with Crippen LogP contribution in [0, 0.1) is 0 Å². The maximum Gasteiger partial charge on any atom is 0.325 e. The van der Waals surface area contributed by atoms with Gasteiger partial charge in [-0.25, -0.2) is 4.98 Å². The van der Waals surface area contributed by atoms with Gasteiger partial charge in [0.05, 0.1) is 12.2 Å². The maximum atomic E-state index is 12.3. The summed E-state index contributed by atoms with van der Waals surface area (Å²) in [5.74, 6) is 0.567. The van der Waals surface area contributed by atoms with Crippen molar-refractivity contribution in [1.29, 1.82) is 0 Å². The first-order valence-electron chi connectivity index (χ1n) is 13.1. The molecule has 188 valence electrons. The van der Waals surface area contributed by atoms with E-state index in [0.717, 1.165) is 74.3 Å². The lowest BCUT2D eigenvalue weighted by molar-refractivity contribution is -0.143. The average Bonchev–Trinajstić information content (AvgIpc) is 3.53. The molecule has 1 saturated heterocycles. The molecule has 2 aromatic rings. The molecule has 3 heterocycles. The Morgan fingerprint density at radius 2 is 2.14 bits per heavy atom. The molecule has 0 bridgehead atoms. The van der Waals surface area contributed by atoms with Crippen LogP contribution >= 0.6 is 0 Å². The zero-order valence-electron chi connectivity index (χ0n) is 20.6. The summed E-state index contributed by atoms with van der Waals surface area (Å²) >= 11 is 0. The number of anilines is 1. The fourth-order valence-electron chi connectivity index (χ4n) is 5.63. The molecule has 3 aliphatic rings. The number of aromatic nitrogens is 1. The smallest absolute Gasteiger partial charge is 0.325 e. The normalized spacial score (nSPS) is 24.5. The average molecular weight is 480 g/mol. The molecule has 0 amide bonds. The Bertz CT molecular complexity index is 1030. The standard InChI is InChI=1S/C28H37N3O4/c1-34-25-17-24(25)22-9-2-3-10-23(22)26(28(32)33)31-15-13-21(18-31)35-16-5-4-8-20-12-11-19-7-6-14-29-27(19)30-20/h2-3,9-12,21,24-26H,4-8,13-18H2,1H3,(H,29,30)(H,32,33)/t21-,24?,25+,26-/m1/s1. The van der Waals surface area contributed by atoms with Crippen molar-refractivity contribution in [1.82, 2.24) is 9.88 Å². The number of carbonyl (C=O) groups is 1. The zero-order valence-corrected chi connectivity index (χ0v) is 20.6. The third-order valence-electron chi connectivity index (χ3n) is 7.63. The van der Waals surface area contributed by atoms with E-state index in [0.29, 0.717) is 19.1 Å². The molecule has 2 N–H and O–H groups in total. The first-order chi connectivity index (χ1) is 17.1. The minimum atomic E-state index is -0.792. The van der Waals surface area contributed by atoms with Gasteiger partial charge in [-0.15, -0.1) is 0 Å². The van der Waals surface area contributed by atoms with Gasteiger partial charge in [0, 0.05) is 45.0 Å². The Morgan fingerprint density at radius 1 is 1.26 bits per heavy atom. The van der Waals surface area contributed by atoms with E-state index in [9.17, 15) is 9.90 Å². The van der Waals surface area contributed by atoms with Gasteiger partial charge in [-0.05, 0) is 67.7 Å². The van der Waals surface area contributed by atoms with E-state index in [1.807, 2.05) is 18.2 Å². The number of ether oxygens (including phenoxy) is 2. The number of unbranched alkanes of at least 4 members (excludes halogenated alkanes) is 1. The molecule has 35 heavy (non-hydrogen) atoms. The minimum absolute atomic E-state index is 0.0859. The van der Waals surface area contributed by atoms with Gasteiger partial charge in [0.2, 0.25) is 0 Å². The number of aliphatic carboxylic acids is 1. The van der Waals surface area contributed by atoms with Crippen LogP contribution in [-0.4, -0.2) is 66.5 Å². The molecule has 1 aliphatic carbocycles. The molecule has 5 rings (SSSR count). The van der Waals surface area contributed by atoms with Crippen molar-refractivity contribution < 1.29 is 19.4 Å². The Hall–Kier alpha value is -2.48. The molecule has 1 unspecified atom stereocenters. The Balaban J connectivity index is 1.10. The van der Waals surface area contributed by atoms with Gasteiger partial charge in [0.25, 0.3) is 0 Å². The number of rotatable bonds is 11. The first kappa shape index (κ1) is 24.2. The highest BCUT2D eigenvalue weighted by molar-refractivity contribution is 5.76. The summed E-state index contributed by atoms with van der Waals surface area (Å²) in [4.78, 5) is 19.2. The van der Waals surface area contributed by atoms with Crippen molar-refractivity contribution in [3.8, 4) is 0 Å². The molecule has 7 heteroatoms. The molecular formula is C28H37N3O4. The summed E-state index contributed by atoms with van der Waals surface area (Å²) in [7, 11) is 1.73. The van der Waals surface area contributed by atoms with Crippen molar-refractivity contribution in [2.75, 3.05) is 38.7 Å². The number of methoxy groups -OCH3 is 1. The molecule has 1 aromatic heterocycles. The number of pyridine rings is 1. The van der Waals surface area contributed by atoms with Crippen LogP contribution in [-0.2, 0) is 27.1 Å². The van der Waals surface area contributed by atoms with Gasteiger partial charge in [-0.2, -0.15) is 0 Å². The largest absolute Gasteiger partial charge is 0.480 e. The molecule has 4 atom stereocenters. The number of hydrogen-bond donors (Lipinski definition) is 2. The topological polar surface area (TPSA) is 83.9 Å². The maximum absolute atomic E-state index is 12.3. The Labute approximate surface area is 207 Å². The number of nitrogens with zero attached hydrogens (tertiary/aromatic N) is 2. The Morgan fingerprint density at radius 3 is 2.97 bits per heavy atom. The molecule has 2 aliphatic heterocycles. The summed E-state index contributed by atoms with van der Waals surface area (Å²) in [5.41, 5.74) is 4.48. The van der Waals surface area contributed by atoms with Gasteiger partial charge in [0.1, 0.15) is 11.9 Å². The van der Waals surface area contributed by atoms with Crippen molar-refractivity contribution in [2.45, 2.75) is 69.1 Å². The summed E-state index contributed by atoms with van der Waals surface area (Å²) in [6.07, 6.45) is 7.39. The quantitative estimate of drug-likeness (QED) is 0.468. The van der Waals surface area contributed by atoms with Crippen molar-refractivity contribution in [2.24, 2.45) is 0 Å². The van der Waals surface area contributed by atoms with Crippen LogP contribution in [0.4, 0.5) is 5.82 Å². The van der Waals surface area contributed by atoms with Crippen molar-refractivity contribution in [3.63, 3.8) is 0 Å². The van der Waals surface area contributed by atoms with Crippen LogP contribution < -0.4 is 5.32 Å². The summed E-state index contributed by atoms with van der Waals surface area (Å²) < 4.78 is 11.7. The van der Waals surface area contributed by atoms with Gasteiger partial charge < -0.3 is 19.9 Å². The second-order valence-electron chi connectivity index (χ2n) is 10.1. The molecule has 0 spiro atoms. The number of carboxylic acid groups (broad SMARTS) is 1. The van der Waals surface area contributed by atoms with E-state index in [4.69, 9.17) is 14.5 Å². The number of hydrogen-bond acceptors (Lipinski definition) is 6. The van der Waals surface area contributed by atoms with Crippen LogP contribution in [0.2, 0.25) is 0 Å². The molecule has 1 aromatic carbocycles. The number of nitrogens with one attached hydrogen (secondary N) is 1. The van der Waals surface area contributed by atoms with Gasteiger partial charge in [0.15, 0.2) is 0 Å². The number of aryl methyl sites for hydroxylation is 2. The highest BCUT2D eigenvalue weighted by Crippen LogP contribution is 2.46. The minimum Gasteiger partial charge on any atom is -0.480 e. The predicted octanol–water partition coefficient (Wildman–Crippen LogP) is 4.18. The van der Waals surface area contributed by atoms with Crippen molar-refractivity contribution >= 4 is 11.8 Å². The summed E-state index contributed by atoms with van der Waals surface area (Å²) in [6.45, 7) is 3.11. The lowest BCUT2D eigenvalue weighted by atomic mass is 9.96. The van der Waals surface area contributed by atoms with E-state index >= 15 is 0 Å². The first-order valence-corrected chi connectivity index (χ1v) is 13.1. The second-order valence-corrected chi connectivity index (χ2v) is 10.1. The highest BCUT2D eigenvalue weighted by atomic mass is 16.5. The summed E-state index contributed by atoms with van der Waals surface area (Å²) in [6, 6.07) is 11.7.